The van der Waals surface area contributed by atoms with Gasteiger partial charge in [0.15, 0.2) is 0 Å². The lowest BCUT2D eigenvalue weighted by atomic mass is 10.1. The van der Waals surface area contributed by atoms with Crippen LogP contribution in [0.2, 0.25) is 0 Å². The standard InChI is InChI=1S/C16H10F5N3O2S/c17-9-4-10(18)6-11(5-9)24-14(7-13(23-24)16(20)21)8-1-2-15(12(19)3-8)27(22,25)26/h1-7,16H,(H2,22,25,26). The van der Waals surface area contributed by atoms with Crippen molar-refractivity contribution >= 4 is 10.0 Å². The molecule has 0 amide bonds. The quantitative estimate of drug-likeness (QED) is 0.677. The number of benzene rings is 2. The fraction of sp³-hybridized carbons (Fsp3) is 0.0625. The Bertz CT molecular complexity index is 1110. The first-order chi connectivity index (χ1) is 12.6. The summed E-state index contributed by atoms with van der Waals surface area (Å²) in [5.74, 6) is -3.16. The minimum Gasteiger partial charge on any atom is -0.232 e. The van der Waals surface area contributed by atoms with Gasteiger partial charge in [-0.3, -0.25) is 0 Å². The van der Waals surface area contributed by atoms with Crippen LogP contribution in [-0.4, -0.2) is 18.2 Å². The summed E-state index contributed by atoms with van der Waals surface area (Å²) in [5, 5.41) is 8.48. The first-order valence-corrected chi connectivity index (χ1v) is 8.78. The fourth-order valence-electron chi connectivity index (χ4n) is 2.46. The molecule has 0 unspecified atom stereocenters. The number of primary sulfonamides is 1. The highest BCUT2D eigenvalue weighted by Gasteiger charge is 2.21. The molecule has 11 heteroatoms. The molecule has 0 aliphatic rings. The summed E-state index contributed by atoms with van der Waals surface area (Å²) in [7, 11) is -4.33. The van der Waals surface area contributed by atoms with Crippen molar-refractivity contribution in [2.75, 3.05) is 0 Å². The third-order valence-corrected chi connectivity index (χ3v) is 4.52. The first kappa shape index (κ1) is 19.0. The number of aromatic nitrogens is 2. The molecule has 0 saturated heterocycles. The largest absolute Gasteiger partial charge is 0.282 e. The van der Waals surface area contributed by atoms with Crippen molar-refractivity contribution in [2.45, 2.75) is 11.3 Å². The summed E-state index contributed by atoms with van der Waals surface area (Å²) < 4.78 is 90.6. The highest BCUT2D eigenvalue weighted by molar-refractivity contribution is 7.89. The van der Waals surface area contributed by atoms with Crippen LogP contribution in [0.15, 0.2) is 47.4 Å². The Balaban J connectivity index is 2.22. The second-order valence-corrected chi connectivity index (χ2v) is 7.01. The third kappa shape index (κ3) is 3.83. The van der Waals surface area contributed by atoms with Gasteiger partial charge in [0.05, 0.1) is 11.4 Å². The second kappa shape index (κ2) is 6.74. The van der Waals surface area contributed by atoms with Crippen molar-refractivity contribution in [1.82, 2.24) is 9.78 Å². The zero-order chi connectivity index (χ0) is 19.9. The average molecular weight is 403 g/mol. The molecular formula is C16H10F5N3O2S. The molecule has 1 heterocycles. The molecule has 0 aliphatic carbocycles. The van der Waals surface area contributed by atoms with E-state index >= 15 is 0 Å². The number of nitrogens with two attached hydrogens (primary N) is 1. The molecule has 3 aromatic rings. The van der Waals surface area contributed by atoms with Gasteiger partial charge < -0.3 is 0 Å². The molecule has 0 radical (unpaired) electrons. The Hall–Kier alpha value is -2.79. The van der Waals surface area contributed by atoms with E-state index in [9.17, 15) is 30.4 Å². The highest BCUT2D eigenvalue weighted by Crippen LogP contribution is 2.30. The van der Waals surface area contributed by atoms with Crippen LogP contribution in [0, 0.1) is 17.5 Å². The highest BCUT2D eigenvalue weighted by atomic mass is 32.2. The number of halogens is 5. The molecule has 0 aliphatic heterocycles. The van der Waals surface area contributed by atoms with Crippen LogP contribution in [0.5, 0.6) is 0 Å². The van der Waals surface area contributed by atoms with Crippen molar-refractivity contribution in [1.29, 1.82) is 0 Å². The lowest BCUT2D eigenvalue weighted by Crippen LogP contribution is -2.14. The minimum absolute atomic E-state index is 0.0519. The minimum atomic E-state index is -4.33. The molecule has 142 valence electrons. The van der Waals surface area contributed by atoms with Crippen LogP contribution in [0.3, 0.4) is 0 Å². The molecule has 2 N–H and O–H groups in total. The number of rotatable bonds is 4. The molecule has 0 saturated carbocycles. The summed E-state index contributed by atoms with van der Waals surface area (Å²) in [6.07, 6.45) is -3.00. The van der Waals surface area contributed by atoms with Crippen molar-refractivity contribution in [3.05, 3.63) is 65.6 Å². The molecule has 27 heavy (non-hydrogen) atoms. The zero-order valence-electron chi connectivity index (χ0n) is 13.2. The summed E-state index contributed by atoms with van der Waals surface area (Å²) in [4.78, 5) is -0.789. The first-order valence-electron chi connectivity index (χ1n) is 7.23. The SMILES string of the molecule is NS(=O)(=O)c1ccc(-c2cc(C(F)F)nn2-c2cc(F)cc(F)c2)cc1F. The van der Waals surface area contributed by atoms with Gasteiger partial charge in [-0.1, -0.05) is 6.07 Å². The molecule has 2 aromatic carbocycles. The Kier molecular flexibility index (Phi) is 4.74. The van der Waals surface area contributed by atoms with E-state index in [0.29, 0.717) is 6.07 Å². The van der Waals surface area contributed by atoms with Gasteiger partial charge in [0.25, 0.3) is 6.43 Å². The van der Waals surface area contributed by atoms with Crippen molar-refractivity contribution in [3.8, 4) is 16.9 Å². The molecule has 0 bridgehead atoms. The van der Waals surface area contributed by atoms with E-state index in [1.54, 1.807) is 0 Å². The predicted molar refractivity (Wildman–Crippen MR) is 85.2 cm³/mol. The Morgan fingerprint density at radius 1 is 0.963 bits per heavy atom. The van der Waals surface area contributed by atoms with Crippen LogP contribution >= 0.6 is 0 Å². The van der Waals surface area contributed by atoms with Crippen molar-refractivity contribution < 1.29 is 30.4 Å². The molecule has 1 aromatic heterocycles. The van der Waals surface area contributed by atoms with Crippen molar-refractivity contribution in [3.63, 3.8) is 0 Å². The molecule has 5 nitrogen and oxygen atoms in total. The zero-order valence-corrected chi connectivity index (χ0v) is 14.0. The molecule has 0 atom stereocenters. The second-order valence-electron chi connectivity index (χ2n) is 5.48. The van der Waals surface area contributed by atoms with Gasteiger partial charge in [0.1, 0.15) is 28.0 Å². The summed E-state index contributed by atoms with van der Waals surface area (Å²) in [5.41, 5.74) is -1.12. The van der Waals surface area contributed by atoms with E-state index < -0.39 is 44.5 Å². The van der Waals surface area contributed by atoms with Crippen LogP contribution < -0.4 is 5.14 Å². The topological polar surface area (TPSA) is 78.0 Å². The van der Waals surface area contributed by atoms with Crippen LogP contribution in [-0.2, 0) is 10.0 Å². The number of alkyl halides is 2. The molecule has 0 spiro atoms. The normalized spacial score (nSPS) is 12.0. The average Bonchev–Trinajstić information content (AvgIpc) is 2.98. The van der Waals surface area contributed by atoms with Gasteiger partial charge >= 0.3 is 0 Å². The van der Waals surface area contributed by atoms with Gasteiger partial charge in [0.2, 0.25) is 10.0 Å². The van der Waals surface area contributed by atoms with Gasteiger partial charge in [-0.2, -0.15) is 5.10 Å². The van der Waals surface area contributed by atoms with Gasteiger partial charge in [-0.25, -0.2) is 40.2 Å². The van der Waals surface area contributed by atoms with Gasteiger partial charge in [0, 0.05) is 11.6 Å². The fourth-order valence-corrected chi connectivity index (χ4v) is 3.05. The van der Waals surface area contributed by atoms with E-state index in [1.165, 1.54) is 0 Å². The van der Waals surface area contributed by atoms with Crippen LogP contribution in [0.25, 0.3) is 16.9 Å². The Labute approximate surface area is 149 Å². The Morgan fingerprint density at radius 3 is 2.11 bits per heavy atom. The van der Waals surface area contributed by atoms with Crippen molar-refractivity contribution in [2.24, 2.45) is 5.14 Å². The molecule has 0 fully saturated rings. The number of hydrogen-bond acceptors (Lipinski definition) is 3. The molecule has 3 rings (SSSR count). The van der Waals surface area contributed by atoms with Crippen LogP contribution in [0.1, 0.15) is 12.1 Å². The van der Waals surface area contributed by atoms with Gasteiger partial charge in [-0.05, 0) is 30.3 Å². The summed E-state index contributed by atoms with van der Waals surface area (Å²) in [6, 6.07) is 5.90. The third-order valence-electron chi connectivity index (χ3n) is 3.58. The summed E-state index contributed by atoms with van der Waals surface area (Å²) in [6.45, 7) is 0. The monoisotopic (exact) mass is 403 g/mol. The Morgan fingerprint density at radius 2 is 1.59 bits per heavy atom. The van der Waals surface area contributed by atoms with E-state index in [0.717, 1.165) is 41.1 Å². The molecular weight excluding hydrogens is 393 g/mol. The maximum Gasteiger partial charge on any atom is 0.282 e. The van der Waals surface area contributed by atoms with Gasteiger partial charge in [-0.15, -0.1) is 0 Å². The van der Waals surface area contributed by atoms with E-state index in [1.807, 2.05) is 0 Å². The predicted octanol–water partition coefficient (Wildman–Crippen LogP) is 3.54. The number of nitrogens with zero attached hydrogens (tertiary/aromatic N) is 2. The van der Waals surface area contributed by atoms with Crippen LogP contribution in [0.4, 0.5) is 22.0 Å². The van der Waals surface area contributed by atoms with E-state index in [2.05, 4.69) is 5.10 Å². The van der Waals surface area contributed by atoms with E-state index in [4.69, 9.17) is 5.14 Å². The van der Waals surface area contributed by atoms with E-state index in [-0.39, 0.29) is 16.9 Å². The lowest BCUT2D eigenvalue weighted by Gasteiger charge is -2.09. The number of sulfonamides is 1. The lowest BCUT2D eigenvalue weighted by molar-refractivity contribution is 0.145. The summed E-state index contributed by atoms with van der Waals surface area (Å²) >= 11 is 0. The maximum atomic E-state index is 14.1. The maximum absolute atomic E-state index is 14.1. The number of hydrogen-bond donors (Lipinski definition) is 1. The smallest absolute Gasteiger partial charge is 0.232 e.